The summed E-state index contributed by atoms with van der Waals surface area (Å²) < 4.78 is 4.19. The van der Waals surface area contributed by atoms with Crippen molar-refractivity contribution in [3.8, 4) is 0 Å². The highest BCUT2D eigenvalue weighted by atomic mass is 32.2. The van der Waals surface area contributed by atoms with E-state index in [2.05, 4.69) is 21.5 Å². The number of nitrogen functional groups attached to an aromatic ring is 1. The number of likely N-dealkylation sites (tertiary alicyclic amines) is 1. The molecule has 0 amide bonds. The van der Waals surface area contributed by atoms with Gasteiger partial charge in [0, 0.05) is 12.6 Å². The monoisotopic (exact) mass is 272 g/mol. The van der Waals surface area contributed by atoms with Crippen molar-refractivity contribution in [2.45, 2.75) is 30.7 Å². The summed E-state index contributed by atoms with van der Waals surface area (Å²) >= 11 is 3.13. The second-order valence-electron chi connectivity index (χ2n) is 4.24. The largest absolute Gasteiger partial charge is 0.382 e. The molecule has 1 atom stereocenters. The fourth-order valence-corrected chi connectivity index (χ4v) is 3.91. The van der Waals surface area contributed by atoms with Crippen LogP contribution in [0.5, 0.6) is 0 Å². The van der Waals surface area contributed by atoms with Crippen molar-refractivity contribution in [1.82, 2.24) is 9.27 Å². The molecule has 1 fully saturated rings. The Morgan fingerprint density at radius 2 is 2.47 bits per heavy atom. The number of thioether (sulfide) groups is 1. The van der Waals surface area contributed by atoms with E-state index in [4.69, 9.17) is 5.73 Å². The van der Waals surface area contributed by atoms with Crippen LogP contribution in [0.4, 0.5) is 10.8 Å². The van der Waals surface area contributed by atoms with Gasteiger partial charge >= 0.3 is 0 Å². The van der Waals surface area contributed by atoms with Crippen molar-refractivity contribution in [2.75, 3.05) is 36.9 Å². The predicted octanol–water partition coefficient (Wildman–Crippen LogP) is 2.34. The lowest BCUT2D eigenvalue weighted by Gasteiger charge is -2.23. The van der Waals surface area contributed by atoms with Crippen LogP contribution < -0.4 is 11.1 Å². The average molecular weight is 272 g/mol. The lowest BCUT2D eigenvalue weighted by atomic mass is 10.2. The maximum Gasteiger partial charge on any atom is 0.153 e. The molecular weight excluding hydrogens is 252 g/mol. The van der Waals surface area contributed by atoms with Crippen molar-refractivity contribution in [2.24, 2.45) is 0 Å². The van der Waals surface area contributed by atoms with E-state index >= 15 is 0 Å². The van der Waals surface area contributed by atoms with E-state index < -0.39 is 0 Å². The summed E-state index contributed by atoms with van der Waals surface area (Å²) in [4.78, 5) is 3.63. The Hall–Kier alpha value is -0.460. The van der Waals surface area contributed by atoms with Crippen LogP contribution in [0, 0.1) is 0 Å². The summed E-state index contributed by atoms with van der Waals surface area (Å²) in [7, 11) is 0. The van der Waals surface area contributed by atoms with Gasteiger partial charge in [0.05, 0.1) is 4.90 Å². The van der Waals surface area contributed by atoms with Gasteiger partial charge in [-0.3, -0.25) is 4.90 Å². The van der Waals surface area contributed by atoms with Gasteiger partial charge in [-0.05, 0) is 43.7 Å². The van der Waals surface area contributed by atoms with Gasteiger partial charge in [0.15, 0.2) is 5.82 Å². The highest BCUT2D eigenvalue weighted by Gasteiger charge is 2.23. The minimum Gasteiger partial charge on any atom is -0.382 e. The van der Waals surface area contributed by atoms with E-state index in [1.165, 1.54) is 30.9 Å². The van der Waals surface area contributed by atoms with Gasteiger partial charge in [-0.15, -0.1) is 11.8 Å². The van der Waals surface area contributed by atoms with Crippen LogP contribution in [0.15, 0.2) is 4.90 Å². The Morgan fingerprint density at radius 1 is 1.65 bits per heavy atom. The summed E-state index contributed by atoms with van der Waals surface area (Å²) in [5, 5.41) is 4.63. The maximum absolute atomic E-state index is 5.82. The Balaban J connectivity index is 1.93. The molecule has 0 aromatic carbocycles. The summed E-state index contributed by atoms with van der Waals surface area (Å²) in [6.07, 6.45) is 4.66. The number of aromatic nitrogens is 1. The van der Waals surface area contributed by atoms with Crippen LogP contribution in [0.25, 0.3) is 0 Å². The van der Waals surface area contributed by atoms with Crippen molar-refractivity contribution < 1.29 is 0 Å². The van der Waals surface area contributed by atoms with Gasteiger partial charge in [0.2, 0.25) is 0 Å². The zero-order valence-corrected chi connectivity index (χ0v) is 12.0. The molecule has 17 heavy (non-hydrogen) atoms. The van der Waals surface area contributed by atoms with Gasteiger partial charge in [-0.2, -0.15) is 4.37 Å². The van der Waals surface area contributed by atoms with Crippen LogP contribution in [-0.2, 0) is 0 Å². The molecular formula is C11H20N4S2. The first-order valence-corrected chi connectivity index (χ1v) is 8.03. The molecule has 2 rings (SSSR count). The van der Waals surface area contributed by atoms with E-state index in [0.29, 0.717) is 11.9 Å². The van der Waals surface area contributed by atoms with Crippen molar-refractivity contribution in [3.63, 3.8) is 0 Å². The third-order valence-electron chi connectivity index (χ3n) is 3.28. The molecule has 2 heterocycles. The van der Waals surface area contributed by atoms with Gasteiger partial charge in [-0.1, -0.05) is 6.92 Å². The summed E-state index contributed by atoms with van der Waals surface area (Å²) in [5.74, 6) is 0.656. The van der Waals surface area contributed by atoms with Crippen LogP contribution in [0.2, 0.25) is 0 Å². The molecule has 96 valence electrons. The normalized spacial score (nSPS) is 20.9. The predicted molar refractivity (Wildman–Crippen MR) is 77.1 cm³/mol. The standard InChI is InChI=1S/C11H20N4S2/c1-3-15-6-4-5-8(15)7-13-11-9(16-2)10(12)14-17-11/h8,13H,3-7H2,1-2H3,(H2,12,14). The van der Waals surface area contributed by atoms with Crippen LogP contribution in [0.3, 0.4) is 0 Å². The molecule has 0 saturated carbocycles. The lowest BCUT2D eigenvalue weighted by Crippen LogP contribution is -2.34. The fourth-order valence-electron chi connectivity index (χ4n) is 2.36. The summed E-state index contributed by atoms with van der Waals surface area (Å²) in [6.45, 7) is 5.62. The van der Waals surface area contributed by atoms with Gasteiger partial charge in [-0.25, -0.2) is 0 Å². The Morgan fingerprint density at radius 3 is 3.18 bits per heavy atom. The van der Waals surface area contributed by atoms with Gasteiger partial charge < -0.3 is 11.1 Å². The quantitative estimate of drug-likeness (QED) is 0.806. The lowest BCUT2D eigenvalue weighted by molar-refractivity contribution is 0.277. The van der Waals surface area contributed by atoms with E-state index in [9.17, 15) is 0 Å². The van der Waals surface area contributed by atoms with Crippen LogP contribution >= 0.6 is 23.3 Å². The van der Waals surface area contributed by atoms with Crippen LogP contribution in [0.1, 0.15) is 19.8 Å². The molecule has 3 N–H and O–H groups in total. The molecule has 1 aliphatic heterocycles. The fraction of sp³-hybridized carbons (Fsp3) is 0.727. The van der Waals surface area contributed by atoms with Crippen LogP contribution in [-0.4, -0.2) is 41.2 Å². The SMILES string of the molecule is CCN1CCCC1CNc1snc(N)c1SC. The first-order valence-electron chi connectivity index (χ1n) is 6.03. The highest BCUT2D eigenvalue weighted by Crippen LogP contribution is 2.34. The third kappa shape index (κ3) is 2.86. The number of nitrogens with one attached hydrogen (secondary N) is 1. The molecule has 0 spiro atoms. The van der Waals surface area contributed by atoms with E-state index in [1.54, 1.807) is 11.8 Å². The zero-order chi connectivity index (χ0) is 12.3. The first kappa shape index (κ1) is 13.0. The maximum atomic E-state index is 5.82. The number of hydrogen-bond acceptors (Lipinski definition) is 6. The second-order valence-corrected chi connectivity index (χ2v) is 5.83. The molecule has 1 aromatic heterocycles. The average Bonchev–Trinajstić information content (AvgIpc) is 2.92. The van der Waals surface area contributed by atoms with Gasteiger partial charge in [0.25, 0.3) is 0 Å². The minimum atomic E-state index is 0.656. The number of likely N-dealkylation sites (N-methyl/N-ethyl adjacent to an activating group) is 1. The Kier molecular flexibility index (Phi) is 4.53. The Bertz CT molecular complexity index is 366. The molecule has 0 radical (unpaired) electrons. The highest BCUT2D eigenvalue weighted by molar-refractivity contribution is 7.99. The number of anilines is 2. The molecule has 4 nitrogen and oxygen atoms in total. The smallest absolute Gasteiger partial charge is 0.153 e. The minimum absolute atomic E-state index is 0.656. The molecule has 0 bridgehead atoms. The second kappa shape index (κ2) is 5.93. The summed E-state index contributed by atoms with van der Waals surface area (Å²) in [5.41, 5.74) is 5.82. The number of nitrogens with two attached hydrogens (primary N) is 1. The molecule has 0 aliphatic carbocycles. The van der Waals surface area contributed by atoms with Crippen molar-refractivity contribution in [1.29, 1.82) is 0 Å². The van der Waals surface area contributed by atoms with Crippen molar-refractivity contribution >= 4 is 34.1 Å². The van der Waals surface area contributed by atoms with Crippen molar-refractivity contribution in [3.05, 3.63) is 0 Å². The first-order chi connectivity index (χ1) is 8.26. The van der Waals surface area contributed by atoms with E-state index in [1.807, 2.05) is 6.26 Å². The zero-order valence-electron chi connectivity index (χ0n) is 10.4. The molecule has 6 heteroatoms. The van der Waals surface area contributed by atoms with Gasteiger partial charge in [0.1, 0.15) is 5.00 Å². The molecule has 1 aliphatic rings. The third-order valence-corrected chi connectivity index (χ3v) is 5.05. The number of nitrogens with zero attached hydrogens (tertiary/aromatic N) is 2. The van der Waals surface area contributed by atoms with E-state index in [0.717, 1.165) is 23.0 Å². The topological polar surface area (TPSA) is 54.2 Å². The summed E-state index contributed by atoms with van der Waals surface area (Å²) in [6, 6.07) is 0.665. The number of rotatable bonds is 5. The Labute approximate surface area is 111 Å². The molecule has 1 saturated heterocycles. The molecule has 1 aromatic rings. The van der Waals surface area contributed by atoms with E-state index in [-0.39, 0.29) is 0 Å². The molecule has 1 unspecified atom stereocenters. The number of hydrogen-bond donors (Lipinski definition) is 2.